The van der Waals surface area contributed by atoms with Gasteiger partial charge in [0.05, 0.1) is 0 Å². The molecule has 4 nitrogen and oxygen atoms in total. The van der Waals surface area contributed by atoms with Crippen molar-refractivity contribution in [3.8, 4) is 0 Å². The lowest BCUT2D eigenvalue weighted by Crippen LogP contribution is -2.29. The van der Waals surface area contributed by atoms with Gasteiger partial charge >= 0.3 is 0 Å². The summed E-state index contributed by atoms with van der Waals surface area (Å²) in [4.78, 5) is 4.15. The first-order chi connectivity index (χ1) is 10.3. The Bertz CT molecular complexity index is 589. The predicted molar refractivity (Wildman–Crippen MR) is 85.2 cm³/mol. The van der Waals surface area contributed by atoms with Gasteiger partial charge in [0.1, 0.15) is 0 Å². The first-order valence-corrected chi connectivity index (χ1v) is 7.51. The molecule has 0 fully saturated rings. The van der Waals surface area contributed by atoms with Gasteiger partial charge < -0.3 is 9.80 Å². The van der Waals surface area contributed by atoms with Crippen molar-refractivity contribution in [1.82, 2.24) is 14.7 Å². The van der Waals surface area contributed by atoms with Crippen molar-refractivity contribution in [2.75, 3.05) is 25.0 Å². The maximum atomic E-state index is 12.7. The summed E-state index contributed by atoms with van der Waals surface area (Å²) in [6.07, 6.45) is -0.0632. The summed E-state index contributed by atoms with van der Waals surface area (Å²) < 4.78 is 27.4. The molecule has 0 aromatic carbocycles. The zero-order chi connectivity index (χ0) is 16.4. The number of aryl methyl sites for hydroxylation is 1. The van der Waals surface area contributed by atoms with Crippen LogP contribution in [0.15, 0.2) is 23.9 Å². The van der Waals surface area contributed by atoms with Crippen LogP contribution in [0.5, 0.6) is 0 Å². The van der Waals surface area contributed by atoms with Crippen LogP contribution in [0, 0.1) is 0 Å². The van der Waals surface area contributed by atoms with E-state index in [9.17, 15) is 8.78 Å². The Balaban J connectivity index is 2.36. The van der Waals surface area contributed by atoms with Gasteiger partial charge in [-0.15, -0.1) is 0 Å². The van der Waals surface area contributed by atoms with E-state index in [0.29, 0.717) is 12.2 Å². The second kappa shape index (κ2) is 6.60. The van der Waals surface area contributed by atoms with Crippen LogP contribution >= 0.6 is 0 Å². The SMILES string of the molecule is C=C(/C=C(\C)C(F)F)N(CC)c1nn(C)c2c1CN(C)CC2. The van der Waals surface area contributed by atoms with E-state index in [4.69, 9.17) is 0 Å². The smallest absolute Gasteiger partial charge is 0.260 e. The van der Waals surface area contributed by atoms with E-state index in [2.05, 4.69) is 23.6 Å². The Kier molecular flexibility index (Phi) is 5.01. The quantitative estimate of drug-likeness (QED) is 0.782. The van der Waals surface area contributed by atoms with E-state index < -0.39 is 6.43 Å². The van der Waals surface area contributed by atoms with Gasteiger partial charge in [-0.05, 0) is 32.5 Å². The molecule has 1 aromatic heterocycles. The van der Waals surface area contributed by atoms with E-state index in [0.717, 1.165) is 25.3 Å². The summed E-state index contributed by atoms with van der Waals surface area (Å²) in [6.45, 7) is 9.81. The Morgan fingerprint density at radius 3 is 2.73 bits per heavy atom. The first-order valence-electron chi connectivity index (χ1n) is 7.51. The molecule has 22 heavy (non-hydrogen) atoms. The molecule has 0 saturated heterocycles. The van der Waals surface area contributed by atoms with Gasteiger partial charge in [-0.1, -0.05) is 6.58 Å². The number of nitrogens with zero attached hydrogens (tertiary/aromatic N) is 4. The number of rotatable bonds is 5. The Labute approximate surface area is 130 Å². The van der Waals surface area contributed by atoms with Crippen LogP contribution in [0.4, 0.5) is 14.6 Å². The van der Waals surface area contributed by atoms with Crippen molar-refractivity contribution < 1.29 is 8.78 Å². The maximum Gasteiger partial charge on any atom is 0.260 e. The second-order valence-electron chi connectivity index (χ2n) is 5.78. The molecule has 0 spiro atoms. The highest BCUT2D eigenvalue weighted by atomic mass is 19.3. The van der Waals surface area contributed by atoms with Crippen molar-refractivity contribution in [2.24, 2.45) is 7.05 Å². The molecule has 0 radical (unpaired) electrons. The highest BCUT2D eigenvalue weighted by Crippen LogP contribution is 2.30. The minimum Gasteiger partial charge on any atom is -0.326 e. The number of fused-ring (bicyclic) bond motifs is 1. The largest absolute Gasteiger partial charge is 0.326 e. The van der Waals surface area contributed by atoms with E-state index in [1.165, 1.54) is 24.3 Å². The molecule has 0 bridgehead atoms. The molecule has 0 saturated carbocycles. The zero-order valence-electron chi connectivity index (χ0n) is 13.7. The summed E-state index contributed by atoms with van der Waals surface area (Å²) in [5.41, 5.74) is 2.95. The molecule has 2 heterocycles. The van der Waals surface area contributed by atoms with Gasteiger partial charge in [0, 0.05) is 50.1 Å². The number of aromatic nitrogens is 2. The third kappa shape index (κ3) is 3.21. The topological polar surface area (TPSA) is 24.3 Å². The molecule has 122 valence electrons. The van der Waals surface area contributed by atoms with Crippen LogP contribution in [-0.2, 0) is 20.0 Å². The average molecular weight is 310 g/mol. The monoisotopic (exact) mass is 310 g/mol. The van der Waals surface area contributed by atoms with Gasteiger partial charge in [-0.3, -0.25) is 4.68 Å². The average Bonchev–Trinajstić information content (AvgIpc) is 2.76. The summed E-state index contributed by atoms with van der Waals surface area (Å²) in [5, 5.41) is 4.61. The van der Waals surface area contributed by atoms with Crippen LogP contribution in [0.1, 0.15) is 25.1 Å². The van der Waals surface area contributed by atoms with E-state index >= 15 is 0 Å². The molecule has 1 aliphatic rings. The molecule has 6 heteroatoms. The molecule has 0 atom stereocenters. The van der Waals surface area contributed by atoms with Gasteiger partial charge in [0.15, 0.2) is 5.82 Å². The second-order valence-corrected chi connectivity index (χ2v) is 5.78. The minimum atomic E-state index is -2.46. The number of allylic oxidation sites excluding steroid dienone is 2. The number of likely N-dealkylation sites (N-methyl/N-ethyl adjacent to an activating group) is 2. The molecule has 0 N–H and O–H groups in total. The van der Waals surface area contributed by atoms with Crippen LogP contribution in [0.25, 0.3) is 0 Å². The van der Waals surface area contributed by atoms with Gasteiger partial charge in [-0.25, -0.2) is 8.78 Å². The fraction of sp³-hybridized carbons (Fsp3) is 0.562. The molecule has 0 unspecified atom stereocenters. The minimum absolute atomic E-state index is 0.0189. The summed E-state index contributed by atoms with van der Waals surface area (Å²) in [5.74, 6) is 0.829. The molecular weight excluding hydrogens is 286 g/mol. The van der Waals surface area contributed by atoms with Crippen molar-refractivity contribution in [1.29, 1.82) is 0 Å². The van der Waals surface area contributed by atoms with Crippen molar-refractivity contribution in [3.05, 3.63) is 35.2 Å². The number of alkyl halides is 2. The predicted octanol–water partition coefficient (Wildman–Crippen LogP) is 2.96. The van der Waals surface area contributed by atoms with Crippen LogP contribution in [0.3, 0.4) is 0 Å². The maximum absolute atomic E-state index is 12.7. The lowest BCUT2D eigenvalue weighted by atomic mass is 10.1. The van der Waals surface area contributed by atoms with Crippen LogP contribution < -0.4 is 4.90 Å². The summed E-state index contributed by atoms with van der Waals surface area (Å²) in [7, 11) is 4.01. The number of hydrogen-bond acceptors (Lipinski definition) is 3. The van der Waals surface area contributed by atoms with E-state index in [-0.39, 0.29) is 5.57 Å². The third-order valence-corrected chi connectivity index (χ3v) is 4.07. The van der Waals surface area contributed by atoms with E-state index in [1.807, 2.05) is 23.6 Å². The van der Waals surface area contributed by atoms with Gasteiger partial charge in [-0.2, -0.15) is 5.10 Å². The van der Waals surface area contributed by atoms with Crippen LogP contribution in [0.2, 0.25) is 0 Å². The fourth-order valence-corrected chi connectivity index (χ4v) is 2.82. The van der Waals surface area contributed by atoms with E-state index in [1.54, 1.807) is 0 Å². The summed E-state index contributed by atoms with van der Waals surface area (Å²) in [6, 6.07) is 0. The highest BCUT2D eigenvalue weighted by molar-refractivity contribution is 5.56. The lowest BCUT2D eigenvalue weighted by Gasteiger charge is -2.27. The van der Waals surface area contributed by atoms with Gasteiger partial charge in [0.25, 0.3) is 6.43 Å². The molecule has 2 rings (SSSR count). The molecular formula is C16H24F2N4. The van der Waals surface area contributed by atoms with Crippen molar-refractivity contribution in [3.63, 3.8) is 0 Å². The summed E-state index contributed by atoms with van der Waals surface area (Å²) >= 11 is 0. The fourth-order valence-electron chi connectivity index (χ4n) is 2.82. The standard InChI is InChI=1S/C16H24F2N4/c1-6-22(12(3)9-11(2)15(17)18)16-13-10-20(4)8-7-14(13)21(5)19-16/h9,15H,3,6-8,10H2,1-2,4-5H3/b11-9+. The normalized spacial score (nSPS) is 16.0. The zero-order valence-corrected chi connectivity index (χ0v) is 13.7. The van der Waals surface area contributed by atoms with Crippen molar-refractivity contribution in [2.45, 2.75) is 33.2 Å². The molecule has 0 aliphatic carbocycles. The van der Waals surface area contributed by atoms with Crippen LogP contribution in [-0.4, -0.2) is 41.2 Å². The van der Waals surface area contributed by atoms with Gasteiger partial charge in [0.2, 0.25) is 0 Å². The molecule has 1 aliphatic heterocycles. The molecule has 1 aromatic rings. The Morgan fingerprint density at radius 1 is 1.45 bits per heavy atom. The Hall–Kier alpha value is -1.69. The Morgan fingerprint density at radius 2 is 2.14 bits per heavy atom. The number of hydrogen-bond donors (Lipinski definition) is 0. The highest BCUT2D eigenvalue weighted by Gasteiger charge is 2.25. The lowest BCUT2D eigenvalue weighted by molar-refractivity contribution is 0.190. The third-order valence-electron chi connectivity index (χ3n) is 4.07. The number of anilines is 1. The first kappa shape index (κ1) is 16.7. The number of halogens is 2. The molecule has 0 amide bonds. The van der Waals surface area contributed by atoms with Crippen molar-refractivity contribution >= 4 is 5.82 Å².